The van der Waals surface area contributed by atoms with Gasteiger partial charge in [-0.3, -0.25) is 0 Å². The average Bonchev–Trinajstić information content (AvgIpc) is 0.719. The summed E-state index contributed by atoms with van der Waals surface area (Å²) in [4.78, 5) is 14.4. The third kappa shape index (κ3) is 19.3. The molecule has 0 saturated heterocycles. The monoisotopic (exact) mass is 1890 g/mol. The van der Waals surface area contributed by atoms with Crippen LogP contribution < -0.4 is 29.4 Å². The minimum absolute atomic E-state index is 1.13. The Labute approximate surface area is 861 Å². The first-order valence-corrected chi connectivity index (χ1v) is 52.0. The van der Waals surface area contributed by atoms with Crippen molar-refractivity contribution in [3.63, 3.8) is 0 Å². The van der Waals surface area contributed by atoms with Crippen LogP contribution in [-0.4, -0.2) is 0 Å². The number of para-hydroxylation sites is 10. The Morgan fingerprint density at radius 1 is 0.0959 bits per heavy atom. The molecule has 0 amide bonds. The Bertz CT molecular complexity index is 8010. The van der Waals surface area contributed by atoms with Gasteiger partial charge < -0.3 is 29.4 Å². The van der Waals surface area contributed by atoms with Gasteiger partial charge in [0.25, 0.3) is 0 Å². The van der Waals surface area contributed by atoms with E-state index >= 15 is 0 Å². The summed E-state index contributed by atoms with van der Waals surface area (Å²) in [6.07, 6.45) is 0. The molecule has 0 aliphatic rings. The molecule has 0 spiro atoms. The highest BCUT2D eigenvalue weighted by Crippen LogP contribution is 2.55. The maximum atomic E-state index is 2.43. The van der Waals surface area contributed by atoms with E-state index in [0.717, 1.165) is 79.6 Å². The first kappa shape index (κ1) is 98.3. The van der Waals surface area contributed by atoms with Crippen LogP contribution in [0.4, 0.5) is 102 Å². The van der Waals surface area contributed by atoms with Crippen LogP contribution in [0.25, 0.3) is 118 Å². The molecule has 146 heavy (non-hydrogen) atoms. The summed E-state index contributed by atoms with van der Waals surface area (Å²) in [6.45, 7) is 24.0. The molecule has 26 aromatic rings. The molecule has 0 aromatic heterocycles. The first-order valence-electron chi connectivity index (χ1n) is 52.0. The molecule has 26 aromatic carbocycles. The number of hydrogen-bond donors (Lipinski definition) is 0. The van der Waals surface area contributed by atoms with Gasteiger partial charge in [-0.1, -0.05) is 447 Å². The van der Waals surface area contributed by atoms with Crippen molar-refractivity contribution in [2.75, 3.05) is 29.4 Å². The number of anilines is 18. The summed E-state index contributed by atoms with van der Waals surface area (Å²) >= 11 is 0. The molecule has 0 atom stereocenters. The van der Waals surface area contributed by atoms with Gasteiger partial charge in [-0.05, 0) is 240 Å². The predicted octanol–water partition coefficient (Wildman–Crippen LogP) is 43.0. The Balaban J connectivity index is 0.000000137. The highest BCUT2D eigenvalue weighted by molar-refractivity contribution is 6.33. The second kappa shape index (κ2) is 46.7. The van der Waals surface area contributed by atoms with Gasteiger partial charge in [0.15, 0.2) is 0 Å². The summed E-state index contributed by atoms with van der Waals surface area (Å²) in [5.41, 5.74) is 20.7. The van der Waals surface area contributed by atoms with Crippen LogP contribution in [0, 0.1) is 0 Å². The molecule has 0 aliphatic carbocycles. The molecule has 0 heterocycles. The lowest BCUT2D eigenvalue weighted by Crippen LogP contribution is -2.12. The number of rotatable bonds is 18. The van der Waals surface area contributed by atoms with Gasteiger partial charge in [-0.2, -0.15) is 0 Å². The largest absolute Gasteiger partial charge is 0.310 e. The van der Waals surface area contributed by atoms with E-state index in [9.17, 15) is 0 Å². The first-order chi connectivity index (χ1) is 72.6. The quantitative estimate of drug-likeness (QED) is 0.0792. The normalized spacial score (nSPS) is 10.7. The van der Waals surface area contributed by atoms with Gasteiger partial charge in [-0.25, -0.2) is 0 Å². The summed E-state index contributed by atoms with van der Waals surface area (Å²) in [5, 5.41) is 27.4. The van der Waals surface area contributed by atoms with Crippen LogP contribution in [0.15, 0.2) is 534 Å². The van der Waals surface area contributed by atoms with Crippen LogP contribution in [0.2, 0.25) is 0 Å². The van der Waals surface area contributed by atoms with Crippen molar-refractivity contribution in [1.29, 1.82) is 0 Å². The van der Waals surface area contributed by atoms with Gasteiger partial charge >= 0.3 is 0 Å². The number of hydrogen-bond acceptors (Lipinski definition) is 6. The third-order valence-electron chi connectivity index (χ3n) is 26.4. The van der Waals surface area contributed by atoms with Crippen LogP contribution in [0.3, 0.4) is 0 Å². The van der Waals surface area contributed by atoms with Crippen molar-refractivity contribution in [2.24, 2.45) is 0 Å². The van der Waals surface area contributed by atoms with Crippen molar-refractivity contribution in [3.8, 4) is 0 Å². The lowest BCUT2D eigenvalue weighted by molar-refractivity contribution is 1.30. The average molecular weight is 1890 g/mol. The highest BCUT2D eigenvalue weighted by Gasteiger charge is 2.29. The Hall–Kier alpha value is -17.8. The van der Waals surface area contributed by atoms with E-state index < -0.39 is 0 Å². The van der Waals surface area contributed by atoms with Crippen molar-refractivity contribution in [1.82, 2.24) is 0 Å². The zero-order valence-corrected chi connectivity index (χ0v) is 85.5. The molecule has 0 saturated carbocycles. The van der Waals surface area contributed by atoms with Gasteiger partial charge in [0.05, 0.1) is 45.5 Å². The Morgan fingerprint density at radius 2 is 0.260 bits per heavy atom. The fourth-order valence-corrected chi connectivity index (χ4v) is 20.6. The molecule has 0 fully saturated rings. The molecule has 26 rings (SSSR count). The second-order valence-electron chi connectivity index (χ2n) is 34.2. The Morgan fingerprint density at radius 3 is 0.527 bits per heavy atom. The molecule has 0 aliphatic heterocycles. The van der Waals surface area contributed by atoms with E-state index in [-0.39, 0.29) is 0 Å². The predicted molar refractivity (Wildman–Crippen MR) is 642 cm³/mol. The van der Waals surface area contributed by atoms with E-state index in [0.29, 0.717) is 0 Å². The molecule has 714 valence electrons. The summed E-state index contributed by atoms with van der Waals surface area (Å²) in [6, 6.07) is 192. The molecule has 0 bridgehead atoms. The van der Waals surface area contributed by atoms with Crippen molar-refractivity contribution >= 4 is 221 Å². The van der Waals surface area contributed by atoms with Gasteiger partial charge in [-0.15, -0.1) is 0 Å². The number of nitrogens with zero attached hydrogens (tertiary/aromatic N) is 6. The number of fused-ring (bicyclic) bond motifs is 2. The smallest absolute Gasteiger partial charge is 0.0546 e. The molecule has 0 unspecified atom stereocenters. The van der Waals surface area contributed by atoms with E-state index in [4.69, 9.17) is 0 Å². The minimum atomic E-state index is 1.13. The van der Waals surface area contributed by atoms with Crippen LogP contribution in [0.5, 0.6) is 0 Å². The van der Waals surface area contributed by atoms with Crippen molar-refractivity contribution < 1.29 is 0 Å². The maximum Gasteiger partial charge on any atom is 0.0546 e. The maximum absolute atomic E-state index is 2.43. The molecule has 6 nitrogen and oxygen atoms in total. The lowest BCUT2D eigenvalue weighted by atomic mass is 9.91. The van der Waals surface area contributed by atoms with Gasteiger partial charge in [0.2, 0.25) is 0 Å². The summed E-state index contributed by atoms with van der Waals surface area (Å²) in [7, 11) is 0. The van der Waals surface area contributed by atoms with E-state index in [1.165, 1.54) is 141 Å². The number of benzene rings is 26. The molecule has 0 N–H and O–H groups in total. The van der Waals surface area contributed by atoms with Crippen molar-refractivity contribution in [3.05, 3.63) is 534 Å². The highest BCUT2D eigenvalue weighted by atomic mass is 15.2. The van der Waals surface area contributed by atoms with Gasteiger partial charge in [0, 0.05) is 105 Å². The molecular weight excluding hydrogens is 1770 g/mol. The minimum Gasteiger partial charge on any atom is -0.310 e. The van der Waals surface area contributed by atoms with E-state index in [1.807, 2.05) is 83.1 Å². The topological polar surface area (TPSA) is 19.4 Å². The van der Waals surface area contributed by atoms with Crippen LogP contribution in [0.1, 0.15) is 83.1 Å². The third-order valence-corrected chi connectivity index (χ3v) is 26.4. The molecule has 6 heteroatoms. The second-order valence-corrected chi connectivity index (χ2v) is 34.2. The standard InChI is InChI=1S/C48H32N2.2C40H28N2.6C2H6/c1-3-17-37(18-4-1)49(43-23-11-15-33-13-7-9-21-39(33)43)45-31-27-35-26-30-42-46(32-28-36-25-29-41(45)47(35)48(36)42)50(38-19-5-2-6-20-38)44-24-12-16-34-14-8-10-22-40(34)44;1-5-17-31(18-6-1)41(32-19-7-2-8-20-32)37-27-29-15-14-26-36-38(28-30-16-13-25-35(37)39(30)40(29)36)42(33-21-9-3-10-22-33)34-23-11-4-12-24-34;1-5-17-31(18-6-1)41(32-19-7-2-8-20-32)37-27-29-15-13-16-30-28-38(36-26-14-25-35(37)40(36)39(29)30)42(33-21-9-3-10-22-33)34-23-11-4-12-24-34;6*1-2/h1-32H;2*1-28H;6*1-2H3. The van der Waals surface area contributed by atoms with E-state index in [2.05, 4.69) is 563 Å². The summed E-state index contributed by atoms with van der Waals surface area (Å²) < 4.78 is 0. The fraction of sp³-hybridized carbons (Fsp3) is 0.0857. The summed E-state index contributed by atoms with van der Waals surface area (Å²) in [5.74, 6) is 0. The zero-order chi connectivity index (χ0) is 101. The molecular formula is C140H124N6. The van der Waals surface area contributed by atoms with E-state index in [1.54, 1.807) is 0 Å². The zero-order valence-electron chi connectivity index (χ0n) is 85.5. The molecule has 0 radical (unpaired) electrons. The fourth-order valence-electron chi connectivity index (χ4n) is 20.6. The van der Waals surface area contributed by atoms with Gasteiger partial charge in [0.1, 0.15) is 0 Å². The lowest BCUT2D eigenvalue weighted by Gasteiger charge is -2.30. The van der Waals surface area contributed by atoms with Crippen molar-refractivity contribution in [2.45, 2.75) is 83.1 Å². The SMILES string of the molecule is CC.CC.CC.CC.CC.CC.c1ccc(N(c2cccc3ccccc23)c2ccc3ccc4c(N(c5ccccc5)c5cccc6ccccc56)ccc5ccc2c3c54)cc1.c1ccc(N(c2ccccc2)c2cc3cccc4c(N(c5ccccc5)c5ccccc5)cc5cccc2c5c34)cc1.c1ccc(N(c2ccccc2)c2cc3cccc4cc(N(c5ccccc5)c5ccccc5)c5cccc2c5c34)cc1. The van der Waals surface area contributed by atoms with Crippen LogP contribution in [-0.2, 0) is 0 Å². The van der Waals surface area contributed by atoms with Crippen LogP contribution >= 0.6 is 0 Å². The Kier molecular flexibility index (Phi) is 31.5.